The van der Waals surface area contributed by atoms with Crippen LogP contribution in [-0.4, -0.2) is 52.1 Å². The van der Waals surface area contributed by atoms with Crippen molar-refractivity contribution in [3.8, 4) is 5.75 Å². The number of hydrogen-bond acceptors (Lipinski definition) is 4. The maximum Gasteiger partial charge on any atom is 0.327 e. The molecule has 1 aromatic carbocycles. The predicted octanol–water partition coefficient (Wildman–Crippen LogP) is 1.62. The molecule has 1 aliphatic heterocycles. The fraction of sp³-hybridized carbons (Fsp3) is 0.429. The van der Waals surface area contributed by atoms with E-state index < -0.39 is 18.1 Å². The Bertz CT molecular complexity index is 522. The van der Waals surface area contributed by atoms with Gasteiger partial charge in [0, 0.05) is 18.1 Å². The van der Waals surface area contributed by atoms with Crippen LogP contribution < -0.4 is 4.74 Å². The van der Waals surface area contributed by atoms with Gasteiger partial charge in [-0.3, -0.25) is 4.79 Å². The molecule has 0 saturated carbocycles. The molecule has 0 aromatic heterocycles. The first-order valence-electron chi connectivity index (χ1n) is 6.52. The summed E-state index contributed by atoms with van der Waals surface area (Å²) in [7, 11) is 0. The van der Waals surface area contributed by atoms with Gasteiger partial charge in [-0.2, -0.15) is 11.8 Å². The molecule has 0 aliphatic carbocycles. The van der Waals surface area contributed by atoms with Crippen LogP contribution in [0.15, 0.2) is 24.3 Å². The summed E-state index contributed by atoms with van der Waals surface area (Å²) in [6.45, 7) is 1.95. The summed E-state index contributed by atoms with van der Waals surface area (Å²) in [4.78, 5) is 24.9. The number of amides is 1. The second-order valence-corrected chi connectivity index (χ2v) is 5.82. The van der Waals surface area contributed by atoms with Gasteiger partial charge in [-0.05, 0) is 31.2 Å². The van der Waals surface area contributed by atoms with Crippen LogP contribution in [0.4, 0.5) is 4.39 Å². The minimum Gasteiger partial charge on any atom is -0.481 e. The first kappa shape index (κ1) is 15.6. The van der Waals surface area contributed by atoms with Gasteiger partial charge >= 0.3 is 5.97 Å². The average Bonchev–Trinajstić information content (AvgIpc) is 2.48. The highest BCUT2D eigenvalue weighted by Crippen LogP contribution is 2.20. The largest absolute Gasteiger partial charge is 0.481 e. The predicted molar refractivity (Wildman–Crippen MR) is 77.0 cm³/mol. The standard InChI is InChI=1S/C14H16FNO4S/c1-9(20-11-4-2-10(15)3-5-11)13(17)16-6-7-21-8-12(16)14(18)19/h2-5,9,12H,6-8H2,1H3,(H,18,19). The second kappa shape index (κ2) is 6.80. The van der Waals surface area contributed by atoms with Gasteiger partial charge < -0.3 is 14.7 Å². The van der Waals surface area contributed by atoms with Crippen LogP contribution in [0.5, 0.6) is 5.75 Å². The molecule has 1 saturated heterocycles. The Labute approximate surface area is 126 Å². The molecule has 1 aliphatic rings. The maximum absolute atomic E-state index is 12.8. The number of ether oxygens (including phenoxy) is 1. The zero-order valence-corrected chi connectivity index (χ0v) is 12.3. The molecular weight excluding hydrogens is 297 g/mol. The Hall–Kier alpha value is -1.76. The summed E-state index contributed by atoms with van der Waals surface area (Å²) in [6, 6.07) is 4.52. The van der Waals surface area contributed by atoms with Gasteiger partial charge in [0.25, 0.3) is 5.91 Å². The third kappa shape index (κ3) is 3.87. The van der Waals surface area contributed by atoms with Gasteiger partial charge in [-0.15, -0.1) is 0 Å². The van der Waals surface area contributed by atoms with Gasteiger partial charge in [0.05, 0.1) is 0 Å². The Morgan fingerprint density at radius 1 is 1.43 bits per heavy atom. The summed E-state index contributed by atoms with van der Waals surface area (Å²) >= 11 is 1.51. The van der Waals surface area contributed by atoms with E-state index in [-0.39, 0.29) is 11.7 Å². The first-order valence-corrected chi connectivity index (χ1v) is 7.68. The summed E-state index contributed by atoms with van der Waals surface area (Å²) in [5.74, 6) is -0.309. The lowest BCUT2D eigenvalue weighted by Crippen LogP contribution is -2.53. The molecule has 21 heavy (non-hydrogen) atoms. The van der Waals surface area contributed by atoms with E-state index in [4.69, 9.17) is 9.84 Å². The fourth-order valence-corrected chi connectivity index (χ4v) is 3.11. The third-order valence-electron chi connectivity index (χ3n) is 3.17. The molecule has 2 unspecified atom stereocenters. The average molecular weight is 313 g/mol. The molecule has 0 radical (unpaired) electrons. The highest BCUT2D eigenvalue weighted by Gasteiger charge is 2.35. The van der Waals surface area contributed by atoms with Crippen molar-refractivity contribution in [3.63, 3.8) is 0 Å². The minimum absolute atomic E-state index is 0.368. The smallest absolute Gasteiger partial charge is 0.327 e. The lowest BCUT2D eigenvalue weighted by molar-refractivity contribution is -0.152. The van der Waals surface area contributed by atoms with Gasteiger partial charge in [0.15, 0.2) is 6.10 Å². The minimum atomic E-state index is -1.01. The van der Waals surface area contributed by atoms with E-state index in [2.05, 4.69) is 0 Å². The number of aliphatic carboxylic acids is 1. The molecule has 1 N–H and O–H groups in total. The van der Waals surface area contributed by atoms with E-state index >= 15 is 0 Å². The van der Waals surface area contributed by atoms with Crippen LogP contribution in [-0.2, 0) is 9.59 Å². The summed E-state index contributed by atoms with van der Waals surface area (Å²) in [5, 5.41) is 9.17. The molecule has 2 atom stereocenters. The van der Waals surface area contributed by atoms with Crippen molar-refractivity contribution in [3.05, 3.63) is 30.1 Å². The van der Waals surface area contributed by atoms with E-state index in [0.29, 0.717) is 23.8 Å². The van der Waals surface area contributed by atoms with E-state index in [1.54, 1.807) is 6.92 Å². The van der Waals surface area contributed by atoms with Crippen molar-refractivity contribution in [1.82, 2.24) is 4.90 Å². The second-order valence-electron chi connectivity index (χ2n) is 4.67. The topological polar surface area (TPSA) is 66.8 Å². The van der Waals surface area contributed by atoms with Crippen LogP contribution >= 0.6 is 11.8 Å². The Morgan fingerprint density at radius 2 is 2.10 bits per heavy atom. The Kier molecular flexibility index (Phi) is 5.06. The van der Waals surface area contributed by atoms with Crippen LogP contribution in [0.2, 0.25) is 0 Å². The first-order chi connectivity index (χ1) is 9.99. The molecule has 1 amide bonds. The van der Waals surface area contributed by atoms with Gasteiger partial charge in [-0.25, -0.2) is 9.18 Å². The number of benzene rings is 1. The van der Waals surface area contributed by atoms with E-state index in [1.807, 2.05) is 0 Å². The molecule has 114 valence electrons. The van der Waals surface area contributed by atoms with Crippen molar-refractivity contribution >= 4 is 23.6 Å². The van der Waals surface area contributed by atoms with E-state index in [1.165, 1.54) is 40.9 Å². The lowest BCUT2D eigenvalue weighted by atomic mass is 10.2. The third-order valence-corrected chi connectivity index (χ3v) is 4.19. The highest BCUT2D eigenvalue weighted by molar-refractivity contribution is 7.99. The molecule has 2 rings (SSSR count). The molecule has 0 spiro atoms. The number of carbonyl (C=O) groups excluding carboxylic acids is 1. The van der Waals surface area contributed by atoms with Crippen LogP contribution in [0.3, 0.4) is 0 Å². The van der Waals surface area contributed by atoms with Crippen LogP contribution in [0.1, 0.15) is 6.92 Å². The molecule has 5 nitrogen and oxygen atoms in total. The molecule has 1 fully saturated rings. The summed E-state index contributed by atoms with van der Waals surface area (Å²) in [6.07, 6.45) is -0.819. The zero-order chi connectivity index (χ0) is 15.4. The quantitative estimate of drug-likeness (QED) is 0.915. The van der Waals surface area contributed by atoms with Gasteiger partial charge in [0.1, 0.15) is 17.6 Å². The number of carboxylic acids is 1. The lowest BCUT2D eigenvalue weighted by Gasteiger charge is -2.34. The monoisotopic (exact) mass is 313 g/mol. The molecular formula is C14H16FNO4S. The normalized spacial score (nSPS) is 19.9. The number of carboxylic acid groups (broad SMARTS) is 1. The van der Waals surface area contributed by atoms with Crippen molar-refractivity contribution in [2.24, 2.45) is 0 Å². The Balaban J connectivity index is 2.03. The molecule has 1 aromatic rings. The number of hydrogen-bond donors (Lipinski definition) is 1. The van der Waals surface area contributed by atoms with Crippen molar-refractivity contribution in [2.45, 2.75) is 19.1 Å². The molecule has 7 heteroatoms. The number of nitrogens with zero attached hydrogens (tertiary/aromatic N) is 1. The summed E-state index contributed by atoms with van der Waals surface area (Å²) in [5.41, 5.74) is 0. The van der Waals surface area contributed by atoms with Crippen molar-refractivity contribution in [1.29, 1.82) is 0 Å². The van der Waals surface area contributed by atoms with E-state index in [0.717, 1.165) is 0 Å². The van der Waals surface area contributed by atoms with Gasteiger partial charge in [-0.1, -0.05) is 0 Å². The van der Waals surface area contributed by atoms with E-state index in [9.17, 15) is 14.0 Å². The maximum atomic E-state index is 12.8. The van der Waals surface area contributed by atoms with Crippen LogP contribution in [0, 0.1) is 5.82 Å². The zero-order valence-electron chi connectivity index (χ0n) is 11.5. The number of carbonyl (C=O) groups is 2. The molecule has 0 bridgehead atoms. The summed E-state index contributed by atoms with van der Waals surface area (Å²) < 4.78 is 18.3. The van der Waals surface area contributed by atoms with Gasteiger partial charge in [0.2, 0.25) is 0 Å². The Morgan fingerprint density at radius 3 is 2.71 bits per heavy atom. The SMILES string of the molecule is CC(Oc1ccc(F)cc1)C(=O)N1CCSCC1C(=O)O. The number of thioether (sulfide) groups is 1. The van der Waals surface area contributed by atoms with Crippen molar-refractivity contribution in [2.75, 3.05) is 18.1 Å². The highest BCUT2D eigenvalue weighted by atomic mass is 32.2. The molecule has 1 heterocycles. The van der Waals surface area contributed by atoms with Crippen molar-refractivity contribution < 1.29 is 23.8 Å². The van der Waals surface area contributed by atoms with Crippen LogP contribution in [0.25, 0.3) is 0 Å². The number of halogens is 1. The number of rotatable bonds is 4. The fourth-order valence-electron chi connectivity index (χ4n) is 2.07.